The Kier molecular flexibility index (Phi) is 5.96. The average molecular weight is 351 g/mol. The van der Waals surface area contributed by atoms with Gasteiger partial charge in [0, 0.05) is 7.05 Å². The van der Waals surface area contributed by atoms with Crippen LogP contribution in [-0.4, -0.2) is 23.6 Å². The number of benzene rings is 2. The highest BCUT2D eigenvalue weighted by Gasteiger charge is 2.23. The second kappa shape index (κ2) is 8.58. The van der Waals surface area contributed by atoms with Gasteiger partial charge >= 0.3 is 0 Å². The molecule has 0 spiro atoms. The van der Waals surface area contributed by atoms with Gasteiger partial charge in [-0.1, -0.05) is 60.7 Å². The molecule has 0 unspecified atom stereocenters. The SMILES string of the molecule is CN(C(=O)CSCc1ccco1)C(c1ccccc1)c1ccccc1. The van der Waals surface area contributed by atoms with Gasteiger partial charge in [-0.2, -0.15) is 0 Å². The highest BCUT2D eigenvalue weighted by atomic mass is 32.2. The monoisotopic (exact) mass is 351 g/mol. The van der Waals surface area contributed by atoms with E-state index < -0.39 is 0 Å². The van der Waals surface area contributed by atoms with Crippen molar-refractivity contribution >= 4 is 17.7 Å². The fourth-order valence-corrected chi connectivity index (χ4v) is 3.64. The van der Waals surface area contributed by atoms with Gasteiger partial charge in [-0.3, -0.25) is 4.79 Å². The van der Waals surface area contributed by atoms with Crippen LogP contribution < -0.4 is 0 Å². The van der Waals surface area contributed by atoms with Crippen molar-refractivity contribution in [3.63, 3.8) is 0 Å². The molecule has 3 nitrogen and oxygen atoms in total. The van der Waals surface area contributed by atoms with Gasteiger partial charge in [0.05, 0.1) is 23.8 Å². The lowest BCUT2D eigenvalue weighted by atomic mass is 9.97. The van der Waals surface area contributed by atoms with Gasteiger partial charge in [0.1, 0.15) is 5.76 Å². The molecule has 4 heteroatoms. The van der Waals surface area contributed by atoms with Crippen LogP contribution >= 0.6 is 11.8 Å². The van der Waals surface area contributed by atoms with Crippen LogP contribution in [0.25, 0.3) is 0 Å². The highest BCUT2D eigenvalue weighted by molar-refractivity contribution is 7.99. The number of carbonyl (C=O) groups is 1. The number of amides is 1. The minimum absolute atomic E-state index is 0.0842. The Bertz CT molecular complexity index is 733. The number of hydrogen-bond donors (Lipinski definition) is 0. The van der Waals surface area contributed by atoms with E-state index in [4.69, 9.17) is 4.42 Å². The standard InChI is InChI=1S/C21H21NO2S/c1-22(20(23)16-25-15-19-13-8-14-24-19)21(17-9-4-2-5-10-17)18-11-6-3-7-12-18/h2-14,21H,15-16H2,1H3. The fraction of sp³-hybridized carbons (Fsp3) is 0.190. The molecule has 0 saturated heterocycles. The summed E-state index contributed by atoms with van der Waals surface area (Å²) >= 11 is 1.57. The molecule has 0 aliphatic carbocycles. The van der Waals surface area contributed by atoms with Crippen molar-refractivity contribution in [1.29, 1.82) is 0 Å². The molecule has 1 aromatic heterocycles. The summed E-state index contributed by atoms with van der Waals surface area (Å²) in [7, 11) is 1.88. The molecular weight excluding hydrogens is 330 g/mol. The zero-order chi connectivity index (χ0) is 17.5. The first-order valence-electron chi connectivity index (χ1n) is 8.21. The maximum atomic E-state index is 12.7. The highest BCUT2D eigenvalue weighted by Crippen LogP contribution is 2.28. The van der Waals surface area contributed by atoms with E-state index in [0.717, 1.165) is 16.9 Å². The Hall–Kier alpha value is -2.46. The quantitative estimate of drug-likeness (QED) is 0.615. The predicted molar refractivity (Wildman–Crippen MR) is 102 cm³/mol. The van der Waals surface area contributed by atoms with Gasteiger partial charge in [-0.25, -0.2) is 0 Å². The maximum Gasteiger partial charge on any atom is 0.233 e. The van der Waals surface area contributed by atoms with Crippen LogP contribution in [-0.2, 0) is 10.5 Å². The molecule has 2 aromatic carbocycles. The largest absolute Gasteiger partial charge is 0.468 e. The molecule has 1 heterocycles. The second-order valence-corrected chi connectivity index (χ2v) is 6.79. The van der Waals surface area contributed by atoms with E-state index in [0.29, 0.717) is 11.5 Å². The number of nitrogens with zero attached hydrogens (tertiary/aromatic N) is 1. The molecule has 0 fully saturated rings. The molecule has 0 atom stereocenters. The Morgan fingerprint density at radius 1 is 0.960 bits per heavy atom. The number of hydrogen-bond acceptors (Lipinski definition) is 3. The minimum Gasteiger partial charge on any atom is -0.468 e. The summed E-state index contributed by atoms with van der Waals surface area (Å²) in [4.78, 5) is 14.6. The van der Waals surface area contributed by atoms with Gasteiger partial charge in [0.2, 0.25) is 5.91 Å². The molecule has 0 aliphatic heterocycles. The van der Waals surface area contributed by atoms with Crippen LogP contribution in [0.1, 0.15) is 22.9 Å². The van der Waals surface area contributed by atoms with E-state index in [2.05, 4.69) is 24.3 Å². The van der Waals surface area contributed by atoms with Gasteiger partial charge in [-0.05, 0) is 23.3 Å². The maximum absolute atomic E-state index is 12.7. The van der Waals surface area contributed by atoms with Crippen LogP contribution in [0.2, 0.25) is 0 Å². The normalized spacial score (nSPS) is 10.8. The van der Waals surface area contributed by atoms with E-state index in [1.165, 1.54) is 0 Å². The Morgan fingerprint density at radius 3 is 2.08 bits per heavy atom. The van der Waals surface area contributed by atoms with Crippen LogP contribution in [0.3, 0.4) is 0 Å². The molecule has 128 valence electrons. The molecule has 25 heavy (non-hydrogen) atoms. The minimum atomic E-state index is -0.0842. The van der Waals surface area contributed by atoms with Crippen molar-refractivity contribution in [3.05, 3.63) is 95.9 Å². The molecule has 0 saturated carbocycles. The first kappa shape index (κ1) is 17.4. The average Bonchev–Trinajstić information content (AvgIpc) is 3.17. The Labute approximate surface area is 152 Å². The molecule has 3 rings (SSSR count). The van der Waals surface area contributed by atoms with E-state index in [1.54, 1.807) is 18.0 Å². The number of carbonyl (C=O) groups excluding carboxylic acids is 1. The lowest BCUT2D eigenvalue weighted by molar-refractivity contribution is -0.128. The number of furan rings is 1. The topological polar surface area (TPSA) is 33.5 Å². The summed E-state index contributed by atoms with van der Waals surface area (Å²) in [5.74, 6) is 2.12. The zero-order valence-electron chi connectivity index (χ0n) is 14.2. The number of thioether (sulfide) groups is 1. The molecule has 0 aliphatic rings. The lowest BCUT2D eigenvalue weighted by Gasteiger charge is -2.29. The van der Waals surface area contributed by atoms with Crippen molar-refractivity contribution in [2.24, 2.45) is 0 Å². The summed E-state index contributed by atoms with van der Waals surface area (Å²) in [6, 6.07) is 24.0. The van der Waals surface area contributed by atoms with Gasteiger partial charge in [0.25, 0.3) is 0 Å². The first-order chi connectivity index (χ1) is 12.3. The summed E-state index contributed by atoms with van der Waals surface area (Å²) in [6.45, 7) is 0. The van der Waals surface area contributed by atoms with Crippen LogP contribution in [0.15, 0.2) is 83.5 Å². The van der Waals surface area contributed by atoms with Gasteiger partial charge < -0.3 is 9.32 Å². The lowest BCUT2D eigenvalue weighted by Crippen LogP contribution is -2.33. The second-order valence-electron chi connectivity index (χ2n) is 5.80. The third kappa shape index (κ3) is 4.54. The zero-order valence-corrected chi connectivity index (χ0v) is 15.0. The molecule has 0 bridgehead atoms. The summed E-state index contributed by atoms with van der Waals surface area (Å²) in [5.41, 5.74) is 2.22. The molecule has 1 amide bonds. The van der Waals surface area contributed by atoms with Crippen LogP contribution in [0.5, 0.6) is 0 Å². The van der Waals surface area contributed by atoms with E-state index >= 15 is 0 Å². The van der Waals surface area contributed by atoms with E-state index in [-0.39, 0.29) is 11.9 Å². The van der Waals surface area contributed by atoms with Gasteiger partial charge in [0.15, 0.2) is 0 Å². The molecule has 0 N–H and O–H groups in total. The van der Waals surface area contributed by atoms with E-state index in [1.807, 2.05) is 60.5 Å². The van der Waals surface area contributed by atoms with Crippen molar-refractivity contribution in [2.75, 3.05) is 12.8 Å². The Balaban J connectivity index is 1.72. The van der Waals surface area contributed by atoms with Crippen molar-refractivity contribution in [3.8, 4) is 0 Å². The van der Waals surface area contributed by atoms with Crippen molar-refractivity contribution in [1.82, 2.24) is 4.90 Å². The van der Waals surface area contributed by atoms with Gasteiger partial charge in [-0.15, -0.1) is 11.8 Å². The number of rotatable bonds is 7. The molecular formula is C21H21NO2S. The first-order valence-corrected chi connectivity index (χ1v) is 9.37. The molecule has 0 radical (unpaired) electrons. The fourth-order valence-electron chi connectivity index (χ4n) is 2.79. The smallest absolute Gasteiger partial charge is 0.233 e. The third-order valence-corrected chi connectivity index (χ3v) is 5.00. The molecule has 3 aromatic rings. The summed E-state index contributed by atoms with van der Waals surface area (Å²) in [5, 5.41) is 0. The predicted octanol–water partition coefficient (Wildman–Crippen LogP) is 4.76. The Morgan fingerprint density at radius 2 is 1.56 bits per heavy atom. The third-order valence-electron chi connectivity index (χ3n) is 4.06. The van der Waals surface area contributed by atoms with Crippen molar-refractivity contribution in [2.45, 2.75) is 11.8 Å². The summed E-state index contributed by atoms with van der Waals surface area (Å²) in [6.07, 6.45) is 1.66. The van der Waals surface area contributed by atoms with Crippen LogP contribution in [0.4, 0.5) is 0 Å². The van der Waals surface area contributed by atoms with Crippen LogP contribution in [0, 0.1) is 0 Å². The summed E-state index contributed by atoms with van der Waals surface area (Å²) < 4.78 is 5.32. The van der Waals surface area contributed by atoms with E-state index in [9.17, 15) is 4.79 Å². The van der Waals surface area contributed by atoms with Crippen molar-refractivity contribution < 1.29 is 9.21 Å².